The van der Waals surface area contributed by atoms with Crippen LogP contribution in [0.5, 0.6) is 0 Å². The first-order valence-corrected chi connectivity index (χ1v) is 11.3. The van der Waals surface area contributed by atoms with E-state index in [1.165, 1.54) is 12.1 Å². The molecule has 1 aliphatic rings. The number of anilines is 1. The third kappa shape index (κ3) is 4.14. The lowest BCUT2D eigenvalue weighted by Crippen LogP contribution is -2.25. The molecule has 7 nitrogen and oxygen atoms in total. The second kappa shape index (κ2) is 8.44. The van der Waals surface area contributed by atoms with Gasteiger partial charge >= 0.3 is 0 Å². The normalized spacial score (nSPS) is 13.1. The molecule has 0 unspecified atom stereocenters. The number of hydrogen-bond acceptors (Lipinski definition) is 4. The van der Waals surface area contributed by atoms with Gasteiger partial charge in [-0.1, -0.05) is 24.3 Å². The summed E-state index contributed by atoms with van der Waals surface area (Å²) in [6, 6.07) is 12.6. The maximum atomic E-state index is 14.2. The van der Waals surface area contributed by atoms with Gasteiger partial charge in [-0.2, -0.15) is 5.10 Å². The Labute approximate surface area is 179 Å². The van der Waals surface area contributed by atoms with E-state index in [1.807, 2.05) is 30.3 Å². The van der Waals surface area contributed by atoms with E-state index in [2.05, 4.69) is 21.7 Å². The molecule has 1 amide bonds. The summed E-state index contributed by atoms with van der Waals surface area (Å²) in [6.07, 6.45) is 3.90. The Balaban J connectivity index is 1.69. The SMILES string of the molecule is C=CCNS(=O)(=O)c1cc(C(=O)Nc2c3c(nn2-c2ccccc2)CCC3)ccc1F. The number of para-hydroxylation sites is 1. The molecule has 31 heavy (non-hydrogen) atoms. The lowest BCUT2D eigenvalue weighted by Gasteiger charge is -2.12. The molecule has 0 bridgehead atoms. The van der Waals surface area contributed by atoms with Gasteiger partial charge in [-0.15, -0.1) is 6.58 Å². The minimum atomic E-state index is -4.13. The van der Waals surface area contributed by atoms with Gasteiger partial charge in [0.15, 0.2) is 0 Å². The van der Waals surface area contributed by atoms with Crippen LogP contribution in [-0.2, 0) is 22.9 Å². The first kappa shape index (κ1) is 21.0. The summed E-state index contributed by atoms with van der Waals surface area (Å²) in [5.41, 5.74) is 2.70. The zero-order valence-corrected chi connectivity index (χ0v) is 17.5. The standard InChI is InChI=1S/C22H21FN4O3S/c1-2-13-24-31(29,30)20-14-15(11-12-18(20)23)22(28)25-21-17-9-6-10-19(17)26-27(21)16-7-4-3-5-8-16/h2-5,7-8,11-12,14,24H,1,6,9-10,13H2,(H,25,28). The molecule has 4 rings (SSSR count). The number of benzene rings is 2. The van der Waals surface area contributed by atoms with E-state index in [0.717, 1.165) is 48.3 Å². The van der Waals surface area contributed by atoms with Crippen LogP contribution in [0.25, 0.3) is 5.69 Å². The predicted octanol–water partition coefficient (Wildman–Crippen LogP) is 3.22. The van der Waals surface area contributed by atoms with Crippen LogP contribution in [0.4, 0.5) is 10.2 Å². The average Bonchev–Trinajstić information content (AvgIpc) is 3.35. The van der Waals surface area contributed by atoms with Gasteiger partial charge in [0, 0.05) is 17.7 Å². The van der Waals surface area contributed by atoms with Gasteiger partial charge in [-0.05, 0) is 49.6 Å². The molecule has 1 heterocycles. The maximum Gasteiger partial charge on any atom is 0.256 e. The fraction of sp³-hybridized carbons (Fsp3) is 0.182. The van der Waals surface area contributed by atoms with Crippen LogP contribution >= 0.6 is 0 Å². The maximum absolute atomic E-state index is 14.2. The van der Waals surface area contributed by atoms with Crippen molar-refractivity contribution in [2.45, 2.75) is 24.2 Å². The van der Waals surface area contributed by atoms with Crippen molar-refractivity contribution < 1.29 is 17.6 Å². The van der Waals surface area contributed by atoms with Crippen LogP contribution in [0, 0.1) is 5.82 Å². The molecule has 0 aliphatic heterocycles. The second-order valence-corrected chi connectivity index (χ2v) is 8.85. The molecule has 0 saturated carbocycles. The third-order valence-corrected chi connectivity index (χ3v) is 6.48. The highest BCUT2D eigenvalue weighted by atomic mass is 32.2. The highest BCUT2D eigenvalue weighted by Crippen LogP contribution is 2.31. The first-order valence-electron chi connectivity index (χ1n) is 9.78. The van der Waals surface area contributed by atoms with Crippen molar-refractivity contribution in [2.24, 2.45) is 0 Å². The zero-order chi connectivity index (χ0) is 22.0. The predicted molar refractivity (Wildman–Crippen MR) is 115 cm³/mol. The summed E-state index contributed by atoms with van der Waals surface area (Å²) in [5, 5.41) is 7.49. The number of nitrogens with zero attached hydrogens (tertiary/aromatic N) is 2. The summed E-state index contributed by atoms with van der Waals surface area (Å²) in [4.78, 5) is 12.4. The largest absolute Gasteiger partial charge is 0.306 e. The number of sulfonamides is 1. The van der Waals surface area contributed by atoms with Crippen molar-refractivity contribution in [3.63, 3.8) is 0 Å². The van der Waals surface area contributed by atoms with Crippen LogP contribution < -0.4 is 10.0 Å². The molecule has 0 saturated heterocycles. The summed E-state index contributed by atoms with van der Waals surface area (Å²) in [7, 11) is -4.13. The summed E-state index contributed by atoms with van der Waals surface area (Å²) >= 11 is 0. The van der Waals surface area contributed by atoms with Crippen LogP contribution in [0.3, 0.4) is 0 Å². The number of fused-ring (bicyclic) bond motifs is 1. The van der Waals surface area contributed by atoms with E-state index in [4.69, 9.17) is 0 Å². The number of carbonyl (C=O) groups excluding carboxylic acids is 1. The molecule has 9 heteroatoms. The quantitative estimate of drug-likeness (QED) is 0.552. The number of aromatic nitrogens is 2. The number of amides is 1. The van der Waals surface area contributed by atoms with Crippen LogP contribution in [0.15, 0.2) is 66.1 Å². The molecule has 3 aromatic rings. The van der Waals surface area contributed by atoms with Gasteiger partial charge in [-0.3, -0.25) is 4.79 Å². The molecule has 2 aromatic carbocycles. The highest BCUT2D eigenvalue weighted by molar-refractivity contribution is 7.89. The minimum Gasteiger partial charge on any atom is -0.306 e. The molecule has 0 fully saturated rings. The summed E-state index contributed by atoms with van der Waals surface area (Å²) < 4.78 is 42.8. The van der Waals surface area contributed by atoms with Crippen molar-refractivity contribution >= 4 is 21.7 Å². The van der Waals surface area contributed by atoms with Crippen molar-refractivity contribution in [3.05, 3.63) is 83.8 Å². The number of aryl methyl sites for hydroxylation is 1. The monoisotopic (exact) mass is 440 g/mol. The Bertz CT molecular complexity index is 1250. The second-order valence-electron chi connectivity index (χ2n) is 7.11. The number of nitrogens with one attached hydrogen (secondary N) is 2. The lowest BCUT2D eigenvalue weighted by atomic mass is 10.2. The van der Waals surface area contributed by atoms with Gasteiger partial charge in [0.05, 0.1) is 11.4 Å². The Morgan fingerprint density at radius 2 is 1.97 bits per heavy atom. The van der Waals surface area contributed by atoms with Crippen molar-refractivity contribution in [1.29, 1.82) is 0 Å². The molecular formula is C22H21FN4O3S. The Hall–Kier alpha value is -3.30. The lowest BCUT2D eigenvalue weighted by molar-refractivity contribution is 0.102. The zero-order valence-electron chi connectivity index (χ0n) is 16.6. The molecule has 2 N–H and O–H groups in total. The van der Waals surface area contributed by atoms with Crippen molar-refractivity contribution in [3.8, 4) is 5.69 Å². The van der Waals surface area contributed by atoms with Gasteiger partial charge < -0.3 is 5.32 Å². The van der Waals surface area contributed by atoms with Crippen molar-refractivity contribution in [2.75, 3.05) is 11.9 Å². The van der Waals surface area contributed by atoms with Crippen LogP contribution in [-0.4, -0.2) is 30.7 Å². The number of rotatable bonds is 7. The van der Waals surface area contributed by atoms with Gasteiger partial charge in [0.2, 0.25) is 10.0 Å². The van der Waals surface area contributed by atoms with Crippen molar-refractivity contribution in [1.82, 2.24) is 14.5 Å². The molecule has 0 radical (unpaired) electrons. The fourth-order valence-electron chi connectivity index (χ4n) is 3.55. The van der Waals surface area contributed by atoms with Gasteiger partial charge in [0.1, 0.15) is 16.5 Å². The van der Waals surface area contributed by atoms with Gasteiger partial charge in [0.25, 0.3) is 5.91 Å². The average molecular weight is 441 g/mol. The smallest absolute Gasteiger partial charge is 0.256 e. The molecule has 0 spiro atoms. The summed E-state index contributed by atoms with van der Waals surface area (Å²) in [5.74, 6) is -0.947. The molecule has 1 aromatic heterocycles. The van der Waals surface area contributed by atoms with E-state index in [9.17, 15) is 17.6 Å². The third-order valence-electron chi connectivity index (χ3n) is 5.04. The Morgan fingerprint density at radius 1 is 1.19 bits per heavy atom. The minimum absolute atomic E-state index is 0.0212. The van der Waals surface area contributed by atoms with Crippen LogP contribution in [0.1, 0.15) is 28.0 Å². The topological polar surface area (TPSA) is 93.1 Å². The first-order chi connectivity index (χ1) is 14.9. The van der Waals surface area contributed by atoms with Crippen LogP contribution in [0.2, 0.25) is 0 Å². The van der Waals surface area contributed by atoms with E-state index in [1.54, 1.807) is 4.68 Å². The number of halogens is 1. The molecule has 0 atom stereocenters. The summed E-state index contributed by atoms with van der Waals surface area (Å²) in [6.45, 7) is 3.38. The Morgan fingerprint density at radius 3 is 2.71 bits per heavy atom. The molecule has 160 valence electrons. The van der Waals surface area contributed by atoms with E-state index < -0.39 is 26.6 Å². The molecule has 1 aliphatic carbocycles. The Kier molecular flexibility index (Phi) is 5.71. The number of hydrogen-bond donors (Lipinski definition) is 2. The van der Waals surface area contributed by atoms with E-state index >= 15 is 0 Å². The van der Waals surface area contributed by atoms with E-state index in [0.29, 0.717) is 5.82 Å². The highest BCUT2D eigenvalue weighted by Gasteiger charge is 2.26. The number of carbonyl (C=O) groups is 1. The fourth-order valence-corrected chi connectivity index (χ4v) is 4.65. The molecular weight excluding hydrogens is 419 g/mol. The van der Waals surface area contributed by atoms with E-state index in [-0.39, 0.29) is 12.1 Å². The van der Waals surface area contributed by atoms with Gasteiger partial charge in [-0.25, -0.2) is 22.2 Å².